The third-order valence-electron chi connectivity index (χ3n) is 7.65. The smallest absolute Gasteiger partial charge is 0.344 e. The molecule has 11 nitrogen and oxygen atoms in total. The summed E-state index contributed by atoms with van der Waals surface area (Å²) < 4.78 is 24.8. The first kappa shape index (κ1) is 22.9. The first-order valence-corrected chi connectivity index (χ1v) is 13.2. The molecule has 0 aliphatic carbocycles. The highest BCUT2D eigenvalue weighted by Gasteiger charge is 2.39. The van der Waals surface area contributed by atoms with Crippen molar-refractivity contribution in [2.45, 2.75) is 12.8 Å². The zero-order chi connectivity index (χ0) is 27.9. The Bertz CT molecular complexity index is 2330. The molecule has 9 rings (SSSR count). The molecule has 4 aromatic heterocycles. The minimum atomic E-state index is -0.744. The number of aromatic nitrogens is 6. The van der Waals surface area contributed by atoms with Crippen molar-refractivity contribution in [2.24, 2.45) is 0 Å². The molecule has 11 heteroatoms. The maximum atomic E-state index is 13.7. The van der Waals surface area contributed by atoms with E-state index in [9.17, 15) is 4.79 Å². The van der Waals surface area contributed by atoms with Gasteiger partial charge in [-0.3, -0.25) is 0 Å². The van der Waals surface area contributed by atoms with Crippen molar-refractivity contribution in [3.05, 3.63) is 106 Å². The lowest BCUT2D eigenvalue weighted by molar-refractivity contribution is 0.174. The van der Waals surface area contributed by atoms with Gasteiger partial charge in [-0.05, 0) is 49.4 Å². The molecule has 6 heterocycles. The van der Waals surface area contributed by atoms with Crippen molar-refractivity contribution >= 4 is 27.6 Å². The predicted octanol–water partition coefficient (Wildman–Crippen LogP) is 5.16. The maximum Gasteiger partial charge on any atom is 0.344 e. The third kappa shape index (κ3) is 3.21. The van der Waals surface area contributed by atoms with Gasteiger partial charge < -0.3 is 18.6 Å². The Hall–Kier alpha value is -5.84. The largest absolute Gasteiger partial charge is 0.454 e. The summed E-state index contributed by atoms with van der Waals surface area (Å²) in [5.41, 5.74) is 4.59. The molecule has 2 aliphatic rings. The summed E-state index contributed by atoms with van der Waals surface area (Å²) in [7, 11) is 0. The summed E-state index contributed by atoms with van der Waals surface area (Å²) in [6.45, 7) is 2.04. The lowest BCUT2D eigenvalue weighted by Crippen LogP contribution is -2.24. The van der Waals surface area contributed by atoms with E-state index in [0.29, 0.717) is 73.6 Å². The maximum absolute atomic E-state index is 13.7. The van der Waals surface area contributed by atoms with Gasteiger partial charge in [0.2, 0.25) is 12.7 Å². The second-order valence-corrected chi connectivity index (χ2v) is 10.1. The van der Waals surface area contributed by atoms with Crippen LogP contribution in [0.15, 0.2) is 82.3 Å². The van der Waals surface area contributed by atoms with Crippen molar-refractivity contribution in [2.75, 3.05) is 6.79 Å². The van der Waals surface area contributed by atoms with Gasteiger partial charge in [0.15, 0.2) is 28.7 Å². The van der Waals surface area contributed by atoms with E-state index in [1.54, 1.807) is 23.0 Å². The minimum absolute atomic E-state index is 0.163. The van der Waals surface area contributed by atoms with E-state index in [-0.39, 0.29) is 6.79 Å². The monoisotopic (exact) mass is 554 g/mol. The molecule has 42 heavy (non-hydrogen) atoms. The fraction of sp³-hybridized carbons (Fsp3) is 0.0968. The zero-order valence-corrected chi connectivity index (χ0v) is 21.9. The number of fused-ring (bicyclic) bond motifs is 8. The summed E-state index contributed by atoms with van der Waals surface area (Å²) in [6, 6.07) is 20.4. The zero-order valence-electron chi connectivity index (χ0n) is 21.9. The summed E-state index contributed by atoms with van der Waals surface area (Å²) in [4.78, 5) is 33.1. The number of hydrogen-bond acceptors (Lipinski definition) is 10. The Morgan fingerprint density at radius 2 is 1.69 bits per heavy atom. The van der Waals surface area contributed by atoms with Crippen molar-refractivity contribution in [3.8, 4) is 34.5 Å². The molecular formula is C31H18N6O5. The van der Waals surface area contributed by atoms with Crippen molar-refractivity contribution < 1.29 is 18.6 Å². The summed E-state index contributed by atoms with van der Waals surface area (Å²) >= 11 is 0. The van der Waals surface area contributed by atoms with Crippen LogP contribution in [0.5, 0.6) is 23.1 Å². The molecule has 202 valence electrons. The molecule has 0 saturated heterocycles. The molecule has 0 fully saturated rings. The second-order valence-electron chi connectivity index (χ2n) is 10.1. The Kier molecular flexibility index (Phi) is 4.55. The number of nitrogens with zero attached hydrogens (tertiary/aromatic N) is 6. The fourth-order valence-electron chi connectivity index (χ4n) is 5.74. The molecule has 1 unspecified atom stereocenters. The average Bonchev–Trinajstić information content (AvgIpc) is 3.67. The lowest BCUT2D eigenvalue weighted by atomic mass is 9.86. The number of ether oxygens (including phenoxy) is 3. The topological polar surface area (TPSA) is 127 Å². The fourth-order valence-corrected chi connectivity index (χ4v) is 5.74. The van der Waals surface area contributed by atoms with Crippen LogP contribution in [0.3, 0.4) is 0 Å². The number of benzene rings is 3. The van der Waals surface area contributed by atoms with Gasteiger partial charge >= 0.3 is 5.63 Å². The van der Waals surface area contributed by atoms with Crippen LogP contribution < -0.4 is 19.8 Å². The molecule has 0 bridgehead atoms. The molecule has 0 radical (unpaired) electrons. The molecule has 0 spiro atoms. The number of hydrogen-bond donors (Lipinski definition) is 0. The highest BCUT2D eigenvalue weighted by atomic mass is 16.7. The molecule has 1 atom stereocenters. The first-order valence-electron chi connectivity index (χ1n) is 13.2. The van der Waals surface area contributed by atoms with Crippen molar-refractivity contribution in [1.29, 1.82) is 0 Å². The number of para-hydroxylation sites is 3. The molecule has 7 aromatic rings. The quantitative estimate of drug-likeness (QED) is 0.264. The van der Waals surface area contributed by atoms with Crippen LogP contribution in [0.1, 0.15) is 28.4 Å². The van der Waals surface area contributed by atoms with Crippen LogP contribution in [-0.4, -0.2) is 36.3 Å². The molecule has 2 aliphatic heterocycles. The number of aryl methyl sites for hydroxylation is 1. The van der Waals surface area contributed by atoms with Gasteiger partial charge in [0.1, 0.15) is 11.9 Å². The van der Waals surface area contributed by atoms with Gasteiger partial charge in [-0.2, -0.15) is 0 Å². The highest BCUT2D eigenvalue weighted by Crippen LogP contribution is 2.49. The minimum Gasteiger partial charge on any atom is -0.454 e. The van der Waals surface area contributed by atoms with Crippen LogP contribution in [0, 0.1) is 6.92 Å². The Labute approximate surface area is 236 Å². The molecule has 0 N–H and O–H groups in total. The summed E-state index contributed by atoms with van der Waals surface area (Å²) in [5, 5.41) is 5.35. The number of rotatable bonds is 2. The van der Waals surface area contributed by atoms with Crippen LogP contribution in [-0.2, 0) is 0 Å². The standard InChI is InChI=1S/C31H18N6O5/c1-15-26(34-19-8-4-3-7-18(19)33-15)23-24-27(17-6-2-5-9-20(17)41-31(24)38)42-30-25(23)29-35-28(36-37(29)13-32-30)16-10-11-21-22(12-16)40-14-39-21/h2-13,23H,14H2,1H3. The lowest BCUT2D eigenvalue weighted by Gasteiger charge is -2.27. The third-order valence-corrected chi connectivity index (χ3v) is 7.65. The van der Waals surface area contributed by atoms with E-state index >= 15 is 0 Å². The van der Waals surface area contributed by atoms with Crippen LogP contribution in [0.25, 0.3) is 39.0 Å². The Morgan fingerprint density at radius 1 is 0.881 bits per heavy atom. The Morgan fingerprint density at radius 3 is 2.60 bits per heavy atom. The molecule has 0 amide bonds. The average molecular weight is 555 g/mol. The first-order chi connectivity index (χ1) is 20.6. The van der Waals surface area contributed by atoms with Crippen LogP contribution in [0.4, 0.5) is 0 Å². The normalized spacial score (nSPS) is 15.1. The molecular weight excluding hydrogens is 536 g/mol. The predicted molar refractivity (Wildman–Crippen MR) is 150 cm³/mol. The van der Waals surface area contributed by atoms with Crippen LogP contribution in [0.2, 0.25) is 0 Å². The van der Waals surface area contributed by atoms with Gasteiger partial charge in [0.05, 0.1) is 44.9 Å². The van der Waals surface area contributed by atoms with E-state index < -0.39 is 11.5 Å². The van der Waals surface area contributed by atoms with Crippen molar-refractivity contribution in [3.63, 3.8) is 0 Å². The molecule has 0 saturated carbocycles. The SMILES string of the molecule is Cc1nc2ccccc2nc1C1c2c(c3ccccc3oc2=O)Oc2ncn3nc(-c4ccc5c(c4)OCO5)nc3c21. The van der Waals surface area contributed by atoms with Gasteiger partial charge in [-0.25, -0.2) is 29.2 Å². The van der Waals surface area contributed by atoms with Gasteiger partial charge in [0.25, 0.3) is 0 Å². The van der Waals surface area contributed by atoms with E-state index in [1.165, 1.54) is 0 Å². The summed E-state index contributed by atoms with van der Waals surface area (Å²) in [6.07, 6.45) is 1.55. The van der Waals surface area contributed by atoms with E-state index in [2.05, 4.69) is 4.98 Å². The van der Waals surface area contributed by atoms with Gasteiger partial charge in [-0.15, -0.1) is 5.10 Å². The van der Waals surface area contributed by atoms with Gasteiger partial charge in [-0.1, -0.05) is 24.3 Å². The second kappa shape index (κ2) is 8.33. The van der Waals surface area contributed by atoms with E-state index in [4.69, 9.17) is 38.7 Å². The van der Waals surface area contributed by atoms with E-state index in [0.717, 1.165) is 11.1 Å². The highest BCUT2D eigenvalue weighted by molar-refractivity contribution is 5.87. The van der Waals surface area contributed by atoms with Gasteiger partial charge in [0, 0.05) is 5.56 Å². The Balaban J connectivity index is 1.34. The van der Waals surface area contributed by atoms with E-state index in [1.807, 2.05) is 61.5 Å². The van der Waals surface area contributed by atoms with Crippen LogP contribution >= 0.6 is 0 Å². The van der Waals surface area contributed by atoms with Crippen molar-refractivity contribution in [1.82, 2.24) is 29.5 Å². The summed E-state index contributed by atoms with van der Waals surface area (Å²) in [5.74, 6) is 1.66. The molecule has 3 aromatic carbocycles.